The standard InChI is InChI=1S/C16H14N4O2S/c1-20-10-11(9-17-20)15(21)18-12-4-2-5-13(8-12)19-16(22)14-6-3-7-23-14/h2-10H,1H3,(H,18,21)(H,19,22). The van der Waals surface area contributed by atoms with Crippen LogP contribution in [0.15, 0.2) is 54.2 Å². The lowest BCUT2D eigenvalue weighted by Gasteiger charge is -2.07. The fourth-order valence-corrected chi connectivity index (χ4v) is 2.64. The number of hydrogen-bond donors (Lipinski definition) is 2. The molecule has 0 saturated heterocycles. The van der Waals surface area contributed by atoms with E-state index in [4.69, 9.17) is 0 Å². The molecule has 2 N–H and O–H groups in total. The third-order valence-electron chi connectivity index (χ3n) is 3.09. The van der Waals surface area contributed by atoms with Crippen molar-refractivity contribution >= 4 is 34.5 Å². The fraction of sp³-hybridized carbons (Fsp3) is 0.0625. The molecule has 0 unspecified atom stereocenters. The summed E-state index contributed by atoms with van der Waals surface area (Å²) in [6.45, 7) is 0. The van der Waals surface area contributed by atoms with Gasteiger partial charge in [-0.05, 0) is 29.6 Å². The number of benzene rings is 1. The maximum absolute atomic E-state index is 12.1. The molecule has 3 aromatic rings. The Bertz CT molecular complexity index is 839. The van der Waals surface area contributed by atoms with E-state index in [0.29, 0.717) is 21.8 Å². The molecule has 0 aliphatic rings. The van der Waals surface area contributed by atoms with Crippen molar-refractivity contribution in [1.82, 2.24) is 9.78 Å². The van der Waals surface area contributed by atoms with Crippen molar-refractivity contribution in [2.75, 3.05) is 10.6 Å². The Labute approximate surface area is 136 Å². The molecule has 0 atom stereocenters. The quantitative estimate of drug-likeness (QED) is 0.774. The SMILES string of the molecule is Cn1cc(C(=O)Nc2cccc(NC(=O)c3cccs3)c2)cn1. The number of carbonyl (C=O) groups is 2. The smallest absolute Gasteiger partial charge is 0.265 e. The van der Waals surface area contributed by atoms with Gasteiger partial charge >= 0.3 is 0 Å². The van der Waals surface area contributed by atoms with Gasteiger partial charge in [0.2, 0.25) is 0 Å². The maximum Gasteiger partial charge on any atom is 0.265 e. The summed E-state index contributed by atoms with van der Waals surface area (Å²) in [6.07, 6.45) is 3.13. The first-order chi connectivity index (χ1) is 11.1. The predicted octanol–water partition coefficient (Wildman–Crippen LogP) is 2.99. The Kier molecular flexibility index (Phi) is 4.20. The number of anilines is 2. The molecular weight excluding hydrogens is 312 g/mol. The second-order valence-electron chi connectivity index (χ2n) is 4.87. The van der Waals surface area contributed by atoms with E-state index in [-0.39, 0.29) is 11.8 Å². The van der Waals surface area contributed by atoms with Crippen molar-refractivity contribution in [2.45, 2.75) is 0 Å². The molecule has 0 aliphatic carbocycles. The van der Waals surface area contributed by atoms with Gasteiger partial charge in [0.15, 0.2) is 0 Å². The van der Waals surface area contributed by atoms with Crippen LogP contribution >= 0.6 is 11.3 Å². The van der Waals surface area contributed by atoms with Gasteiger partial charge in [-0.3, -0.25) is 14.3 Å². The molecule has 7 heteroatoms. The first-order valence-electron chi connectivity index (χ1n) is 6.87. The molecule has 0 saturated carbocycles. The van der Waals surface area contributed by atoms with Crippen LogP contribution < -0.4 is 10.6 Å². The lowest BCUT2D eigenvalue weighted by Crippen LogP contribution is -2.13. The fourth-order valence-electron chi connectivity index (χ4n) is 2.02. The molecule has 2 amide bonds. The number of carbonyl (C=O) groups excluding carboxylic acids is 2. The minimum atomic E-state index is -0.250. The minimum absolute atomic E-state index is 0.171. The highest BCUT2D eigenvalue weighted by Gasteiger charge is 2.10. The van der Waals surface area contributed by atoms with E-state index in [0.717, 1.165) is 0 Å². The molecule has 1 aromatic carbocycles. The molecule has 116 valence electrons. The second-order valence-corrected chi connectivity index (χ2v) is 5.82. The summed E-state index contributed by atoms with van der Waals surface area (Å²) >= 11 is 1.37. The van der Waals surface area contributed by atoms with Crippen LogP contribution in [0.3, 0.4) is 0 Å². The summed E-state index contributed by atoms with van der Waals surface area (Å²) in [7, 11) is 1.75. The van der Waals surface area contributed by atoms with Crippen LogP contribution in [0.2, 0.25) is 0 Å². The van der Waals surface area contributed by atoms with Gasteiger partial charge in [-0.15, -0.1) is 11.3 Å². The van der Waals surface area contributed by atoms with Crippen LogP contribution in [0, 0.1) is 0 Å². The molecule has 23 heavy (non-hydrogen) atoms. The van der Waals surface area contributed by atoms with Gasteiger partial charge in [-0.2, -0.15) is 5.10 Å². The number of rotatable bonds is 4. The number of amides is 2. The Morgan fingerprint density at radius 1 is 1.09 bits per heavy atom. The average Bonchev–Trinajstić information content (AvgIpc) is 3.18. The third kappa shape index (κ3) is 3.64. The van der Waals surface area contributed by atoms with Crippen molar-refractivity contribution < 1.29 is 9.59 Å². The number of hydrogen-bond acceptors (Lipinski definition) is 4. The molecule has 2 aromatic heterocycles. The molecular formula is C16H14N4O2S. The van der Waals surface area contributed by atoms with E-state index < -0.39 is 0 Å². The van der Waals surface area contributed by atoms with E-state index in [1.807, 2.05) is 11.4 Å². The summed E-state index contributed by atoms with van der Waals surface area (Å²) in [5.41, 5.74) is 1.69. The van der Waals surface area contributed by atoms with E-state index >= 15 is 0 Å². The summed E-state index contributed by atoms with van der Waals surface area (Å²) < 4.78 is 1.56. The van der Waals surface area contributed by atoms with Crippen LogP contribution in [0.1, 0.15) is 20.0 Å². The number of nitrogens with one attached hydrogen (secondary N) is 2. The Balaban J connectivity index is 1.70. The molecule has 2 heterocycles. The monoisotopic (exact) mass is 326 g/mol. The molecule has 0 fully saturated rings. The third-order valence-corrected chi connectivity index (χ3v) is 3.96. The van der Waals surface area contributed by atoms with Crippen LogP contribution in [0.5, 0.6) is 0 Å². The Morgan fingerprint density at radius 3 is 2.43 bits per heavy atom. The Morgan fingerprint density at radius 2 is 1.83 bits per heavy atom. The van der Waals surface area contributed by atoms with Crippen LogP contribution in [0.4, 0.5) is 11.4 Å². The summed E-state index contributed by atoms with van der Waals surface area (Å²) in [6, 6.07) is 10.6. The molecule has 0 radical (unpaired) electrons. The van der Waals surface area contributed by atoms with Crippen molar-refractivity contribution in [1.29, 1.82) is 0 Å². The zero-order valence-electron chi connectivity index (χ0n) is 12.3. The van der Waals surface area contributed by atoms with Crippen molar-refractivity contribution in [3.63, 3.8) is 0 Å². The Hall–Kier alpha value is -2.93. The van der Waals surface area contributed by atoms with Crippen molar-refractivity contribution in [3.05, 3.63) is 64.6 Å². The normalized spacial score (nSPS) is 10.3. The van der Waals surface area contributed by atoms with E-state index in [1.165, 1.54) is 17.5 Å². The lowest BCUT2D eigenvalue weighted by atomic mass is 10.2. The molecule has 0 bridgehead atoms. The van der Waals surface area contributed by atoms with Gasteiger partial charge in [-0.1, -0.05) is 12.1 Å². The predicted molar refractivity (Wildman–Crippen MR) is 89.9 cm³/mol. The number of aryl methyl sites for hydroxylation is 1. The van der Waals surface area contributed by atoms with Gasteiger partial charge in [0, 0.05) is 24.6 Å². The van der Waals surface area contributed by atoms with Gasteiger partial charge in [-0.25, -0.2) is 0 Å². The zero-order valence-corrected chi connectivity index (χ0v) is 13.1. The molecule has 0 aliphatic heterocycles. The first-order valence-corrected chi connectivity index (χ1v) is 7.75. The van der Waals surface area contributed by atoms with Gasteiger partial charge in [0.25, 0.3) is 11.8 Å². The highest BCUT2D eigenvalue weighted by Crippen LogP contribution is 2.18. The number of aromatic nitrogens is 2. The maximum atomic E-state index is 12.1. The first kappa shape index (κ1) is 15.0. The average molecular weight is 326 g/mol. The molecule has 0 spiro atoms. The summed E-state index contributed by atoms with van der Waals surface area (Å²) in [5, 5.41) is 11.4. The minimum Gasteiger partial charge on any atom is -0.322 e. The van der Waals surface area contributed by atoms with Crippen LogP contribution in [-0.2, 0) is 7.05 Å². The van der Waals surface area contributed by atoms with Crippen LogP contribution in [0.25, 0.3) is 0 Å². The van der Waals surface area contributed by atoms with Crippen molar-refractivity contribution in [3.8, 4) is 0 Å². The molecule has 6 nitrogen and oxygen atoms in total. The largest absolute Gasteiger partial charge is 0.322 e. The lowest BCUT2D eigenvalue weighted by molar-refractivity contribution is 0.102. The summed E-state index contributed by atoms with van der Waals surface area (Å²) in [5.74, 6) is -0.421. The summed E-state index contributed by atoms with van der Waals surface area (Å²) in [4.78, 5) is 24.8. The second kappa shape index (κ2) is 6.45. The van der Waals surface area contributed by atoms with E-state index in [1.54, 1.807) is 48.3 Å². The van der Waals surface area contributed by atoms with Crippen molar-refractivity contribution in [2.24, 2.45) is 7.05 Å². The van der Waals surface area contributed by atoms with Gasteiger partial charge < -0.3 is 10.6 Å². The molecule has 3 rings (SSSR count). The topological polar surface area (TPSA) is 76.0 Å². The highest BCUT2D eigenvalue weighted by atomic mass is 32.1. The van der Waals surface area contributed by atoms with Crippen LogP contribution in [-0.4, -0.2) is 21.6 Å². The van der Waals surface area contributed by atoms with Gasteiger partial charge in [0.05, 0.1) is 16.6 Å². The number of thiophene rings is 1. The number of nitrogens with zero attached hydrogens (tertiary/aromatic N) is 2. The highest BCUT2D eigenvalue weighted by molar-refractivity contribution is 7.12. The van der Waals surface area contributed by atoms with E-state index in [2.05, 4.69) is 15.7 Å². The van der Waals surface area contributed by atoms with E-state index in [9.17, 15) is 9.59 Å². The van der Waals surface area contributed by atoms with Gasteiger partial charge in [0.1, 0.15) is 0 Å². The zero-order chi connectivity index (χ0) is 16.2.